The van der Waals surface area contributed by atoms with Gasteiger partial charge in [-0.3, -0.25) is 14.5 Å². The highest BCUT2D eigenvalue weighted by Crippen LogP contribution is 2.36. The van der Waals surface area contributed by atoms with Gasteiger partial charge in [0.15, 0.2) is 5.17 Å². The molecule has 0 radical (unpaired) electrons. The lowest BCUT2D eigenvalue weighted by Gasteiger charge is -2.32. The number of nitrogens with one attached hydrogen (secondary N) is 1. The second-order valence-electron chi connectivity index (χ2n) is 8.64. The second-order valence-corrected chi connectivity index (χ2v) is 9.81. The third kappa shape index (κ3) is 4.74. The van der Waals surface area contributed by atoms with Crippen LogP contribution in [0.2, 0.25) is 0 Å². The van der Waals surface area contributed by atoms with Crippen LogP contribution in [-0.4, -0.2) is 39.0 Å². The molecule has 1 N–H and O–H groups in total. The number of aliphatic imine (C=N–C) groups is 2. The van der Waals surface area contributed by atoms with Gasteiger partial charge in [-0.25, -0.2) is 4.99 Å². The van der Waals surface area contributed by atoms with Gasteiger partial charge in [-0.15, -0.1) is 0 Å². The van der Waals surface area contributed by atoms with E-state index in [-0.39, 0.29) is 23.1 Å². The van der Waals surface area contributed by atoms with Crippen LogP contribution in [0, 0.1) is 0 Å². The van der Waals surface area contributed by atoms with Gasteiger partial charge in [0.1, 0.15) is 11.9 Å². The molecule has 2 aliphatic rings. The molecule has 0 saturated carbocycles. The molecule has 0 fully saturated rings. The number of hydrogen-bond donors (Lipinski definition) is 1. The Morgan fingerprint density at radius 1 is 1.09 bits per heavy atom. The van der Waals surface area contributed by atoms with Crippen molar-refractivity contribution in [2.45, 2.75) is 64.2 Å². The minimum atomic E-state index is -0.367. The summed E-state index contributed by atoms with van der Waals surface area (Å²) in [6.07, 6.45) is 2.19. The number of thioether (sulfide) groups is 1. The maximum absolute atomic E-state index is 13.1. The molecule has 172 valence electrons. The Kier molecular flexibility index (Phi) is 6.98. The van der Waals surface area contributed by atoms with Crippen molar-refractivity contribution in [1.82, 2.24) is 4.90 Å². The van der Waals surface area contributed by atoms with Crippen molar-refractivity contribution in [3.63, 3.8) is 0 Å². The van der Waals surface area contributed by atoms with Crippen molar-refractivity contribution in [3.8, 4) is 0 Å². The molecule has 0 aromatic heterocycles. The van der Waals surface area contributed by atoms with Gasteiger partial charge in [-0.1, -0.05) is 70.1 Å². The summed E-state index contributed by atoms with van der Waals surface area (Å²) in [5.74, 6) is 0.874. The maximum atomic E-state index is 13.1. The molecule has 4 rings (SSSR count). The van der Waals surface area contributed by atoms with E-state index in [1.807, 2.05) is 60.4 Å². The number of carbonyl (C=O) groups excluding carboxylic acids is 2. The fourth-order valence-electron chi connectivity index (χ4n) is 4.05. The molecular weight excluding hydrogens is 432 g/mol. The standard InChI is InChI=1S/C26H30N4O2S/c1-5-9-21-24(31)29-23-19-10-7-8-11-20(19)28-26(30(21)23)33-22(6-2)25(32)27-18-14-12-17(13-15-18)16(3)4/h7-8,10-16,21-22H,5-6,9H2,1-4H3,(H,27,32). The summed E-state index contributed by atoms with van der Waals surface area (Å²) in [5.41, 5.74) is 3.65. The Hall–Kier alpha value is -2.93. The third-order valence-corrected chi connectivity index (χ3v) is 7.26. The zero-order valence-corrected chi connectivity index (χ0v) is 20.4. The number of anilines is 1. The lowest BCUT2D eigenvalue weighted by Crippen LogP contribution is -2.44. The van der Waals surface area contributed by atoms with Crippen LogP contribution >= 0.6 is 11.8 Å². The van der Waals surface area contributed by atoms with E-state index >= 15 is 0 Å². The van der Waals surface area contributed by atoms with Gasteiger partial charge in [-0.2, -0.15) is 4.99 Å². The first-order chi connectivity index (χ1) is 15.9. The minimum Gasteiger partial charge on any atom is -0.325 e. The highest BCUT2D eigenvalue weighted by atomic mass is 32.2. The smallest absolute Gasteiger partial charge is 0.270 e. The van der Waals surface area contributed by atoms with Crippen LogP contribution < -0.4 is 5.32 Å². The van der Waals surface area contributed by atoms with E-state index in [0.29, 0.717) is 29.8 Å². The van der Waals surface area contributed by atoms with E-state index in [0.717, 1.165) is 23.4 Å². The molecule has 2 amide bonds. The summed E-state index contributed by atoms with van der Waals surface area (Å²) >= 11 is 1.40. The summed E-state index contributed by atoms with van der Waals surface area (Å²) in [7, 11) is 0. The van der Waals surface area contributed by atoms with Gasteiger partial charge in [0.2, 0.25) is 5.91 Å². The molecule has 33 heavy (non-hydrogen) atoms. The Morgan fingerprint density at radius 3 is 2.48 bits per heavy atom. The van der Waals surface area contributed by atoms with Gasteiger partial charge < -0.3 is 5.32 Å². The molecule has 2 unspecified atom stereocenters. The molecule has 0 bridgehead atoms. The second kappa shape index (κ2) is 9.91. The first-order valence-electron chi connectivity index (χ1n) is 11.6. The van der Waals surface area contributed by atoms with Crippen LogP contribution in [-0.2, 0) is 9.59 Å². The molecule has 2 aromatic carbocycles. The zero-order valence-electron chi connectivity index (χ0n) is 19.5. The quantitative estimate of drug-likeness (QED) is 0.571. The van der Waals surface area contributed by atoms with E-state index in [1.54, 1.807) is 0 Å². The summed E-state index contributed by atoms with van der Waals surface area (Å²) in [6.45, 7) is 8.34. The van der Waals surface area contributed by atoms with E-state index in [2.05, 4.69) is 31.1 Å². The van der Waals surface area contributed by atoms with E-state index in [4.69, 9.17) is 4.99 Å². The van der Waals surface area contributed by atoms with Gasteiger partial charge in [0.05, 0.1) is 10.9 Å². The number of amides is 2. The van der Waals surface area contributed by atoms with Crippen molar-refractivity contribution in [3.05, 3.63) is 59.7 Å². The number of benzene rings is 2. The molecule has 2 aromatic rings. The highest BCUT2D eigenvalue weighted by molar-refractivity contribution is 8.15. The van der Waals surface area contributed by atoms with Crippen molar-refractivity contribution >= 4 is 46.0 Å². The Morgan fingerprint density at radius 2 is 1.82 bits per heavy atom. The van der Waals surface area contributed by atoms with Gasteiger partial charge >= 0.3 is 0 Å². The van der Waals surface area contributed by atoms with Crippen LogP contribution in [0.5, 0.6) is 0 Å². The summed E-state index contributed by atoms with van der Waals surface area (Å²) < 4.78 is 0. The van der Waals surface area contributed by atoms with Crippen LogP contribution in [0.15, 0.2) is 58.5 Å². The number of nitrogens with zero attached hydrogens (tertiary/aromatic N) is 3. The topological polar surface area (TPSA) is 74.1 Å². The molecular formula is C26H30N4O2S. The van der Waals surface area contributed by atoms with Crippen LogP contribution in [0.3, 0.4) is 0 Å². The number of carbonyl (C=O) groups is 2. The molecule has 2 atom stereocenters. The average molecular weight is 463 g/mol. The number of para-hydroxylation sites is 1. The lowest BCUT2D eigenvalue weighted by molar-refractivity contribution is -0.119. The Bertz CT molecular complexity index is 1110. The number of rotatable bonds is 7. The average Bonchev–Trinajstić information content (AvgIpc) is 3.14. The Labute approximate surface area is 199 Å². The van der Waals surface area contributed by atoms with Gasteiger partial charge in [0, 0.05) is 11.3 Å². The SMILES string of the molecule is CCCC1C(=O)N=C2c3ccccc3N=C(SC(CC)C(=O)Nc3ccc(C(C)C)cc3)N21. The first-order valence-corrected chi connectivity index (χ1v) is 12.5. The van der Waals surface area contributed by atoms with Crippen molar-refractivity contribution < 1.29 is 9.59 Å². The molecule has 0 spiro atoms. The van der Waals surface area contributed by atoms with E-state index in [9.17, 15) is 9.59 Å². The Balaban J connectivity index is 1.58. The normalized spacial score (nSPS) is 17.9. The maximum Gasteiger partial charge on any atom is 0.270 e. The number of amidine groups is 2. The van der Waals surface area contributed by atoms with Crippen molar-refractivity contribution in [1.29, 1.82) is 0 Å². The molecule has 0 aliphatic carbocycles. The van der Waals surface area contributed by atoms with Crippen molar-refractivity contribution in [2.75, 3.05) is 5.32 Å². The zero-order chi connectivity index (χ0) is 23.5. The van der Waals surface area contributed by atoms with Crippen molar-refractivity contribution in [2.24, 2.45) is 9.98 Å². The van der Waals surface area contributed by atoms with Crippen LogP contribution in [0.4, 0.5) is 11.4 Å². The van der Waals surface area contributed by atoms with E-state index < -0.39 is 0 Å². The summed E-state index contributed by atoms with van der Waals surface area (Å²) in [5, 5.41) is 3.35. The van der Waals surface area contributed by atoms with Gasteiger partial charge in [0.25, 0.3) is 5.91 Å². The molecule has 2 aliphatic heterocycles. The van der Waals surface area contributed by atoms with Crippen LogP contribution in [0.25, 0.3) is 0 Å². The fraction of sp³-hybridized carbons (Fsp3) is 0.385. The first kappa shape index (κ1) is 23.2. The molecule has 7 heteroatoms. The summed E-state index contributed by atoms with van der Waals surface area (Å²) in [6, 6.07) is 15.3. The van der Waals surface area contributed by atoms with Crippen LogP contribution in [0.1, 0.15) is 64.0 Å². The number of hydrogen-bond acceptors (Lipinski definition) is 5. The fourth-order valence-corrected chi connectivity index (χ4v) is 5.12. The predicted octanol–water partition coefficient (Wildman–Crippen LogP) is 5.72. The number of fused-ring (bicyclic) bond motifs is 3. The lowest BCUT2D eigenvalue weighted by atomic mass is 10.0. The molecule has 0 saturated heterocycles. The molecule has 6 nitrogen and oxygen atoms in total. The summed E-state index contributed by atoms with van der Waals surface area (Å²) in [4.78, 5) is 37.0. The predicted molar refractivity (Wildman–Crippen MR) is 136 cm³/mol. The monoisotopic (exact) mass is 462 g/mol. The highest BCUT2D eigenvalue weighted by Gasteiger charge is 2.42. The molecule has 2 heterocycles. The minimum absolute atomic E-state index is 0.0718. The largest absolute Gasteiger partial charge is 0.325 e. The van der Waals surface area contributed by atoms with E-state index in [1.165, 1.54) is 17.3 Å². The van der Waals surface area contributed by atoms with Gasteiger partial charge in [-0.05, 0) is 48.6 Å². The third-order valence-electron chi connectivity index (χ3n) is 5.93.